The van der Waals surface area contributed by atoms with Crippen LogP contribution in [0, 0.1) is 0 Å². The molecule has 1 aromatic heterocycles. The van der Waals surface area contributed by atoms with Crippen LogP contribution >= 0.6 is 0 Å². The molecule has 1 aliphatic rings. The molecule has 3 rings (SSSR count). The first kappa shape index (κ1) is 16.9. The molecule has 0 spiro atoms. The van der Waals surface area contributed by atoms with Crippen molar-refractivity contribution in [3.63, 3.8) is 0 Å². The van der Waals surface area contributed by atoms with E-state index in [-0.39, 0.29) is 5.91 Å². The van der Waals surface area contributed by atoms with Crippen molar-refractivity contribution in [2.24, 2.45) is 0 Å². The summed E-state index contributed by atoms with van der Waals surface area (Å²) in [5.41, 5.74) is 1.92. The first-order valence-corrected chi connectivity index (χ1v) is 8.06. The quantitative estimate of drug-likeness (QED) is 0.870. The van der Waals surface area contributed by atoms with E-state index in [1.807, 2.05) is 28.8 Å². The molecule has 130 valence electrons. The zero-order chi connectivity index (χ0) is 17.1. The monoisotopic (exact) mass is 333 g/mol. The number of methoxy groups -OCH3 is 1. The predicted molar refractivity (Wildman–Crippen MR) is 88.5 cm³/mol. The lowest BCUT2D eigenvalue weighted by Gasteiger charge is -2.38. The summed E-state index contributed by atoms with van der Waals surface area (Å²) in [7, 11) is 3.23. The largest absolute Gasteiger partial charge is 0.388 e. The van der Waals surface area contributed by atoms with E-state index in [0.29, 0.717) is 26.2 Å². The number of benzene rings is 1. The van der Waals surface area contributed by atoms with Gasteiger partial charge in [0.25, 0.3) is 0 Å². The van der Waals surface area contributed by atoms with E-state index < -0.39 is 18.2 Å². The van der Waals surface area contributed by atoms with Crippen molar-refractivity contribution >= 4 is 16.9 Å². The normalized spacial score (nSPS) is 24.2. The first-order chi connectivity index (χ1) is 11.6. The number of aliphatic hydroxyl groups is 1. The minimum absolute atomic E-state index is 0.0443. The zero-order valence-corrected chi connectivity index (χ0v) is 14.0. The van der Waals surface area contributed by atoms with E-state index in [2.05, 4.69) is 4.98 Å². The van der Waals surface area contributed by atoms with E-state index in [1.54, 1.807) is 18.3 Å². The number of aryl methyl sites for hydroxylation is 1. The summed E-state index contributed by atoms with van der Waals surface area (Å²) in [5, 5.41) is 10.3. The Morgan fingerprint density at radius 2 is 2.25 bits per heavy atom. The van der Waals surface area contributed by atoms with Crippen molar-refractivity contribution in [2.45, 2.75) is 31.2 Å². The second-order valence-electron chi connectivity index (χ2n) is 6.05. The smallest absolute Gasteiger partial charge is 0.224 e. The SMILES string of the molecule is CO[C@@H]1COC[C@@H](N(C)C(=O)CCn2cnc3ccccc32)[C@@H]1O. The Balaban J connectivity index is 1.62. The molecule has 0 radical (unpaired) electrons. The first-order valence-electron chi connectivity index (χ1n) is 8.06. The Morgan fingerprint density at radius 3 is 3.04 bits per heavy atom. The Morgan fingerprint density at radius 1 is 1.46 bits per heavy atom. The maximum Gasteiger partial charge on any atom is 0.224 e. The van der Waals surface area contributed by atoms with Crippen molar-refractivity contribution < 1.29 is 19.4 Å². The van der Waals surface area contributed by atoms with Gasteiger partial charge in [-0.3, -0.25) is 4.79 Å². The molecule has 7 nitrogen and oxygen atoms in total. The number of rotatable bonds is 5. The fraction of sp³-hybridized carbons (Fsp3) is 0.529. The molecule has 7 heteroatoms. The molecular weight excluding hydrogens is 310 g/mol. The number of carbonyl (C=O) groups is 1. The van der Waals surface area contributed by atoms with Crippen molar-refractivity contribution in [3.05, 3.63) is 30.6 Å². The summed E-state index contributed by atoms with van der Waals surface area (Å²) in [5.74, 6) is -0.0443. The van der Waals surface area contributed by atoms with Crippen LogP contribution in [0.2, 0.25) is 0 Å². The number of ether oxygens (including phenoxy) is 2. The Hall–Kier alpha value is -1.96. The van der Waals surface area contributed by atoms with Gasteiger partial charge in [-0.15, -0.1) is 0 Å². The molecule has 1 aliphatic heterocycles. The number of para-hydroxylation sites is 2. The highest BCUT2D eigenvalue weighted by atomic mass is 16.5. The van der Waals surface area contributed by atoms with Gasteiger partial charge in [-0.1, -0.05) is 12.1 Å². The van der Waals surface area contributed by atoms with E-state index in [1.165, 1.54) is 7.11 Å². The van der Waals surface area contributed by atoms with E-state index in [4.69, 9.17) is 9.47 Å². The molecule has 0 unspecified atom stereocenters. The molecule has 1 N–H and O–H groups in total. The van der Waals surface area contributed by atoms with E-state index in [9.17, 15) is 9.90 Å². The fourth-order valence-corrected chi connectivity index (χ4v) is 3.06. The summed E-state index contributed by atoms with van der Waals surface area (Å²) >= 11 is 0. The van der Waals surface area contributed by atoms with Crippen LogP contribution in [0.5, 0.6) is 0 Å². The van der Waals surface area contributed by atoms with Crippen LogP contribution in [0.3, 0.4) is 0 Å². The minimum atomic E-state index is -0.744. The molecule has 2 heterocycles. The number of hydrogen-bond acceptors (Lipinski definition) is 5. The number of aromatic nitrogens is 2. The molecule has 1 fully saturated rings. The standard InChI is InChI=1S/C17H23N3O4/c1-19(14-9-24-10-15(23-2)17(14)22)16(21)7-8-20-11-18-12-5-3-4-6-13(12)20/h3-6,11,14-15,17,22H,7-10H2,1-2H3/t14-,15-,17+/m1/s1. The zero-order valence-electron chi connectivity index (χ0n) is 14.0. The molecule has 1 aromatic carbocycles. The maximum atomic E-state index is 12.5. The van der Waals surface area contributed by atoms with Crippen LogP contribution in [-0.2, 0) is 20.8 Å². The van der Waals surface area contributed by atoms with Crippen LogP contribution in [0.15, 0.2) is 30.6 Å². The van der Waals surface area contributed by atoms with Gasteiger partial charge in [0.15, 0.2) is 0 Å². The molecular formula is C17H23N3O4. The van der Waals surface area contributed by atoms with Gasteiger partial charge in [0.1, 0.15) is 12.2 Å². The molecule has 0 aliphatic carbocycles. The average molecular weight is 333 g/mol. The number of amides is 1. The van der Waals surface area contributed by atoms with Gasteiger partial charge in [0.2, 0.25) is 5.91 Å². The molecule has 0 saturated carbocycles. The summed E-state index contributed by atoms with van der Waals surface area (Å²) in [6.07, 6.45) is 0.929. The highest BCUT2D eigenvalue weighted by Gasteiger charge is 2.36. The number of hydrogen-bond donors (Lipinski definition) is 1. The van der Waals surface area contributed by atoms with Gasteiger partial charge < -0.3 is 24.0 Å². The van der Waals surface area contributed by atoms with Crippen LogP contribution in [0.25, 0.3) is 11.0 Å². The third-order valence-corrected chi connectivity index (χ3v) is 4.63. The molecule has 1 amide bonds. The summed E-state index contributed by atoms with van der Waals surface area (Å²) in [6, 6.07) is 7.43. The van der Waals surface area contributed by atoms with E-state index >= 15 is 0 Å². The Labute approximate surface area is 140 Å². The lowest BCUT2D eigenvalue weighted by Crippen LogP contribution is -2.56. The predicted octanol–water partition coefficient (Wildman–Crippen LogP) is 0.659. The van der Waals surface area contributed by atoms with E-state index in [0.717, 1.165) is 11.0 Å². The van der Waals surface area contributed by atoms with Crippen LogP contribution in [0.1, 0.15) is 6.42 Å². The van der Waals surface area contributed by atoms with Crippen molar-refractivity contribution in [1.82, 2.24) is 14.5 Å². The molecule has 2 aromatic rings. The number of nitrogens with zero attached hydrogens (tertiary/aromatic N) is 3. The summed E-state index contributed by atoms with van der Waals surface area (Å²) in [4.78, 5) is 18.4. The van der Waals surface area contributed by atoms with Gasteiger partial charge in [-0.2, -0.15) is 0 Å². The topological polar surface area (TPSA) is 76.8 Å². The highest BCUT2D eigenvalue weighted by Crippen LogP contribution is 2.17. The molecule has 0 bridgehead atoms. The summed E-state index contributed by atoms with van der Waals surface area (Å²) in [6.45, 7) is 1.20. The second-order valence-corrected chi connectivity index (χ2v) is 6.05. The molecule has 3 atom stereocenters. The third kappa shape index (κ3) is 3.28. The Kier molecular flexibility index (Phi) is 5.13. The molecule has 1 saturated heterocycles. The van der Waals surface area contributed by atoms with Crippen LogP contribution in [0.4, 0.5) is 0 Å². The van der Waals surface area contributed by atoms with Gasteiger partial charge in [-0.25, -0.2) is 4.98 Å². The van der Waals surface area contributed by atoms with Crippen molar-refractivity contribution in [2.75, 3.05) is 27.4 Å². The lowest BCUT2D eigenvalue weighted by atomic mass is 10.0. The average Bonchev–Trinajstić information content (AvgIpc) is 3.02. The van der Waals surface area contributed by atoms with Crippen LogP contribution in [-0.4, -0.2) is 71.1 Å². The highest BCUT2D eigenvalue weighted by molar-refractivity contribution is 5.77. The summed E-state index contributed by atoms with van der Waals surface area (Å²) < 4.78 is 12.6. The number of imidazole rings is 1. The maximum absolute atomic E-state index is 12.5. The number of fused-ring (bicyclic) bond motifs is 1. The lowest BCUT2D eigenvalue weighted by molar-refractivity contribution is -0.158. The fourth-order valence-electron chi connectivity index (χ4n) is 3.06. The number of carbonyl (C=O) groups excluding carboxylic acids is 1. The van der Waals surface area contributed by atoms with Gasteiger partial charge >= 0.3 is 0 Å². The number of likely N-dealkylation sites (N-methyl/N-ethyl adjacent to an activating group) is 1. The Bertz CT molecular complexity index is 702. The van der Waals surface area contributed by atoms with Gasteiger partial charge in [0, 0.05) is 27.1 Å². The van der Waals surface area contributed by atoms with Gasteiger partial charge in [-0.05, 0) is 12.1 Å². The third-order valence-electron chi connectivity index (χ3n) is 4.63. The van der Waals surface area contributed by atoms with Crippen molar-refractivity contribution in [3.8, 4) is 0 Å². The minimum Gasteiger partial charge on any atom is -0.388 e. The van der Waals surface area contributed by atoms with Crippen LogP contribution < -0.4 is 0 Å². The van der Waals surface area contributed by atoms with Gasteiger partial charge in [0.05, 0.1) is 36.6 Å². The molecule has 24 heavy (non-hydrogen) atoms. The number of aliphatic hydroxyl groups excluding tert-OH is 1. The van der Waals surface area contributed by atoms with Crippen molar-refractivity contribution in [1.29, 1.82) is 0 Å². The second kappa shape index (κ2) is 7.29.